The van der Waals surface area contributed by atoms with Gasteiger partial charge in [-0.3, -0.25) is 0 Å². The van der Waals surface area contributed by atoms with E-state index in [2.05, 4.69) is 248 Å². The number of allylic oxidation sites excluding steroid dienone is 2. The molecule has 10 aromatic carbocycles. The van der Waals surface area contributed by atoms with E-state index in [4.69, 9.17) is 9.97 Å². The molecule has 1 N–H and O–H groups in total. The summed E-state index contributed by atoms with van der Waals surface area (Å²) in [6, 6.07) is 88.8. The van der Waals surface area contributed by atoms with Crippen molar-refractivity contribution >= 4 is 54.7 Å². The molecule has 1 aliphatic heterocycles. The molecule has 66 heavy (non-hydrogen) atoms. The van der Waals surface area contributed by atoms with Crippen LogP contribution in [0.15, 0.2) is 249 Å². The first-order valence-corrected chi connectivity index (χ1v) is 22.6. The fraction of sp³-hybridized carbons (Fsp3) is 0.0159. The lowest BCUT2D eigenvalue weighted by Crippen LogP contribution is -2.27. The summed E-state index contributed by atoms with van der Waals surface area (Å²) >= 11 is 0. The molecule has 0 bridgehead atoms. The van der Waals surface area contributed by atoms with Crippen LogP contribution in [0.2, 0.25) is 0 Å². The molecule has 1 aliphatic rings. The molecule has 0 fully saturated rings. The Balaban J connectivity index is 1.06. The van der Waals surface area contributed by atoms with Crippen molar-refractivity contribution in [2.75, 3.05) is 0 Å². The van der Waals surface area contributed by atoms with Crippen molar-refractivity contribution in [3.05, 3.63) is 277 Å². The first-order chi connectivity index (χ1) is 32.7. The van der Waals surface area contributed by atoms with Crippen molar-refractivity contribution in [2.24, 2.45) is 0 Å². The highest BCUT2D eigenvalue weighted by molar-refractivity contribution is 6.26. The van der Waals surface area contributed by atoms with E-state index in [-0.39, 0.29) is 6.04 Å². The monoisotopic (exact) mass is 841 g/mol. The Labute approximate surface area is 384 Å². The summed E-state index contributed by atoms with van der Waals surface area (Å²) in [4.78, 5) is 10.7. The zero-order chi connectivity index (χ0) is 43.8. The van der Waals surface area contributed by atoms with Crippen LogP contribution in [0.4, 0.5) is 0 Å². The Morgan fingerprint density at radius 2 is 0.697 bits per heavy atom. The summed E-state index contributed by atoms with van der Waals surface area (Å²) in [6.45, 7) is 0. The highest BCUT2D eigenvalue weighted by Crippen LogP contribution is 2.50. The Hall–Kier alpha value is -8.66. The van der Waals surface area contributed by atoms with Crippen LogP contribution >= 0.6 is 0 Å². The molecule has 0 radical (unpaired) electrons. The standard InChI is InChI=1S/C63H43N3/c1-6-20-42(21-7-1)56-41-57(49-38-39-54-52-32-17-16-30-50(52)51-31-18-19-33-53(51)55(54)40-49)65-63(64-56)48-36-34-45(35-37-48)58-59(43-22-8-2-9-23-43)61(46-26-12-4-13-27-46)66-62(47-28-14-5-15-29-47)60(58)44-24-10-3-11-25-44/h1-41,61,66H. The number of rotatable bonds is 8. The Kier molecular flexibility index (Phi) is 9.92. The number of dihydropyridines is 1. The third-order valence-electron chi connectivity index (χ3n) is 13.0. The Bertz CT molecular complexity index is 3580. The van der Waals surface area contributed by atoms with Crippen LogP contribution in [-0.4, -0.2) is 9.97 Å². The second kappa shape index (κ2) is 16.8. The molecule has 3 heteroatoms. The molecule has 0 saturated heterocycles. The SMILES string of the molecule is c1ccc(C2=C(c3ccccc3)C(c3ccc(-c4nc(-c5ccccc5)cc(-c5ccc6c7ccccc7c7ccccc7c6c5)n4)cc3)=C(c3ccccc3)C(c3ccccc3)N2)cc1. The number of hydrogen-bond donors (Lipinski definition) is 1. The third-order valence-corrected chi connectivity index (χ3v) is 13.0. The first-order valence-electron chi connectivity index (χ1n) is 22.6. The number of hydrogen-bond acceptors (Lipinski definition) is 3. The Morgan fingerprint density at radius 3 is 1.27 bits per heavy atom. The van der Waals surface area contributed by atoms with Gasteiger partial charge in [-0.15, -0.1) is 0 Å². The molecule has 1 atom stereocenters. The van der Waals surface area contributed by atoms with Gasteiger partial charge in [-0.05, 0) is 83.4 Å². The molecule has 310 valence electrons. The van der Waals surface area contributed by atoms with E-state index in [0.717, 1.165) is 61.6 Å². The van der Waals surface area contributed by atoms with Crippen LogP contribution in [0, 0.1) is 0 Å². The molecule has 1 aromatic heterocycles. The van der Waals surface area contributed by atoms with Crippen molar-refractivity contribution in [2.45, 2.75) is 6.04 Å². The largest absolute Gasteiger partial charge is 0.373 e. The van der Waals surface area contributed by atoms with E-state index in [1.54, 1.807) is 0 Å². The third kappa shape index (κ3) is 7.04. The van der Waals surface area contributed by atoms with E-state index in [9.17, 15) is 0 Å². The summed E-state index contributed by atoms with van der Waals surface area (Å²) in [5.74, 6) is 0.676. The topological polar surface area (TPSA) is 37.8 Å². The second-order valence-electron chi connectivity index (χ2n) is 16.9. The van der Waals surface area contributed by atoms with Crippen molar-refractivity contribution < 1.29 is 0 Å². The lowest BCUT2D eigenvalue weighted by atomic mass is 9.77. The van der Waals surface area contributed by atoms with Gasteiger partial charge in [-0.25, -0.2) is 9.97 Å². The quantitative estimate of drug-likeness (QED) is 0.155. The summed E-state index contributed by atoms with van der Waals surface area (Å²) in [5, 5.41) is 11.5. The highest BCUT2D eigenvalue weighted by Gasteiger charge is 2.33. The smallest absolute Gasteiger partial charge is 0.160 e. The van der Waals surface area contributed by atoms with E-state index >= 15 is 0 Å². The number of aromatic nitrogens is 2. The molecule has 3 nitrogen and oxygen atoms in total. The number of fused-ring (bicyclic) bond motifs is 6. The zero-order valence-corrected chi connectivity index (χ0v) is 36.1. The van der Waals surface area contributed by atoms with Crippen molar-refractivity contribution in [1.82, 2.24) is 15.3 Å². The maximum atomic E-state index is 5.38. The predicted molar refractivity (Wildman–Crippen MR) is 276 cm³/mol. The van der Waals surface area contributed by atoms with Crippen LogP contribution < -0.4 is 5.32 Å². The van der Waals surface area contributed by atoms with Crippen LogP contribution in [-0.2, 0) is 0 Å². The van der Waals surface area contributed by atoms with Crippen LogP contribution in [0.3, 0.4) is 0 Å². The van der Waals surface area contributed by atoms with Gasteiger partial charge in [0.25, 0.3) is 0 Å². The van der Waals surface area contributed by atoms with Crippen LogP contribution in [0.5, 0.6) is 0 Å². The van der Waals surface area contributed by atoms with Gasteiger partial charge in [-0.2, -0.15) is 0 Å². The van der Waals surface area contributed by atoms with Crippen molar-refractivity contribution in [3.8, 4) is 33.9 Å². The molecule has 0 spiro atoms. The fourth-order valence-corrected chi connectivity index (χ4v) is 9.88. The van der Waals surface area contributed by atoms with Gasteiger partial charge < -0.3 is 5.32 Å². The van der Waals surface area contributed by atoms with Gasteiger partial charge in [0, 0.05) is 22.3 Å². The van der Waals surface area contributed by atoms with Gasteiger partial charge >= 0.3 is 0 Å². The minimum absolute atomic E-state index is 0.128. The first kappa shape index (κ1) is 39.0. The number of nitrogens with zero attached hydrogens (tertiary/aromatic N) is 2. The van der Waals surface area contributed by atoms with Crippen molar-refractivity contribution in [1.29, 1.82) is 0 Å². The summed E-state index contributed by atoms with van der Waals surface area (Å²) in [6.07, 6.45) is 0. The lowest BCUT2D eigenvalue weighted by Gasteiger charge is -2.36. The second-order valence-corrected chi connectivity index (χ2v) is 16.9. The van der Waals surface area contributed by atoms with Crippen molar-refractivity contribution in [3.63, 3.8) is 0 Å². The van der Waals surface area contributed by atoms with E-state index in [1.165, 1.54) is 49.0 Å². The maximum absolute atomic E-state index is 5.38. The van der Waals surface area contributed by atoms with Crippen LogP contribution in [0.25, 0.3) is 88.6 Å². The summed E-state index contributed by atoms with van der Waals surface area (Å²) < 4.78 is 0. The van der Waals surface area contributed by atoms with Gasteiger partial charge in [-0.1, -0.05) is 237 Å². The van der Waals surface area contributed by atoms with Gasteiger partial charge in [0.1, 0.15) is 0 Å². The van der Waals surface area contributed by atoms with E-state index in [1.807, 2.05) is 6.07 Å². The zero-order valence-electron chi connectivity index (χ0n) is 36.1. The number of benzene rings is 10. The highest BCUT2D eigenvalue weighted by atomic mass is 14.9. The molecular formula is C63H43N3. The minimum atomic E-state index is -0.128. The summed E-state index contributed by atoms with van der Waals surface area (Å²) in [7, 11) is 0. The minimum Gasteiger partial charge on any atom is -0.373 e. The fourth-order valence-electron chi connectivity index (χ4n) is 9.88. The molecule has 2 heterocycles. The Morgan fingerprint density at radius 1 is 0.288 bits per heavy atom. The summed E-state index contributed by atoms with van der Waals surface area (Å²) in [5.41, 5.74) is 15.2. The molecule has 1 unspecified atom stereocenters. The number of nitrogens with one attached hydrogen (secondary N) is 1. The average molecular weight is 842 g/mol. The van der Waals surface area contributed by atoms with Crippen LogP contribution in [0.1, 0.15) is 33.9 Å². The van der Waals surface area contributed by atoms with E-state index < -0.39 is 0 Å². The molecule has 0 amide bonds. The van der Waals surface area contributed by atoms with Gasteiger partial charge in [0.2, 0.25) is 0 Å². The molecule has 0 aliphatic carbocycles. The van der Waals surface area contributed by atoms with Gasteiger partial charge in [0.05, 0.1) is 23.1 Å². The van der Waals surface area contributed by atoms with Gasteiger partial charge in [0.15, 0.2) is 5.82 Å². The molecule has 12 rings (SSSR count). The normalized spacial score (nSPS) is 13.9. The predicted octanol–water partition coefficient (Wildman–Crippen LogP) is 15.8. The average Bonchev–Trinajstić information content (AvgIpc) is 3.41. The molecule has 11 aromatic rings. The lowest BCUT2D eigenvalue weighted by molar-refractivity contribution is 0.787. The maximum Gasteiger partial charge on any atom is 0.160 e. The molecular weight excluding hydrogens is 799 g/mol. The molecule has 0 saturated carbocycles. The van der Waals surface area contributed by atoms with E-state index in [0.29, 0.717) is 5.82 Å².